The van der Waals surface area contributed by atoms with Gasteiger partial charge in [0.05, 0.1) is 0 Å². The average Bonchev–Trinajstić information content (AvgIpc) is 2.98. The number of carbonyl (C=O) groups excluding carboxylic acids is 2. The second kappa shape index (κ2) is 8.76. The van der Waals surface area contributed by atoms with Crippen LogP contribution < -0.4 is 10.6 Å². The molecule has 0 radical (unpaired) electrons. The molecule has 1 fully saturated rings. The quantitative estimate of drug-likeness (QED) is 0.784. The van der Waals surface area contributed by atoms with E-state index in [0.717, 1.165) is 17.9 Å². The highest BCUT2D eigenvalue weighted by Crippen LogP contribution is 2.13. The smallest absolute Gasteiger partial charge is 0.319 e. The first kappa shape index (κ1) is 17.6. The molecule has 5 nitrogen and oxygen atoms in total. The number of nitrogens with zero attached hydrogens (tertiary/aromatic N) is 1. The number of benzene rings is 1. The maximum Gasteiger partial charge on any atom is 0.319 e. The Labute approximate surface area is 140 Å². The largest absolute Gasteiger partial charge is 0.341 e. The molecule has 0 saturated carbocycles. The summed E-state index contributed by atoms with van der Waals surface area (Å²) < 4.78 is 12.8. The van der Waals surface area contributed by atoms with Crippen LogP contribution in [0.15, 0.2) is 24.3 Å². The standard InChI is InChI=1S/C16H22FN3O2S/c1-2-23-10-8-15(21)20-9-7-14(11-20)19-16(22)18-13-5-3-12(17)4-6-13/h3-6,14H,2,7-11H2,1H3,(H2,18,19,22)/t14-/m1/s1. The highest BCUT2D eigenvalue weighted by atomic mass is 32.2. The summed E-state index contributed by atoms with van der Waals surface area (Å²) in [5, 5.41) is 5.51. The topological polar surface area (TPSA) is 61.4 Å². The molecular weight excluding hydrogens is 317 g/mol. The Balaban J connectivity index is 1.73. The molecule has 3 amide bonds. The van der Waals surface area contributed by atoms with Crippen molar-refractivity contribution in [1.29, 1.82) is 0 Å². The van der Waals surface area contributed by atoms with Gasteiger partial charge in [-0.2, -0.15) is 11.8 Å². The lowest BCUT2D eigenvalue weighted by Gasteiger charge is -2.17. The normalized spacial score (nSPS) is 17.1. The maximum absolute atomic E-state index is 12.8. The van der Waals surface area contributed by atoms with Crippen LogP contribution in [0.5, 0.6) is 0 Å². The summed E-state index contributed by atoms with van der Waals surface area (Å²) in [6.07, 6.45) is 1.30. The number of amides is 3. The summed E-state index contributed by atoms with van der Waals surface area (Å²) in [5.41, 5.74) is 0.534. The average molecular weight is 339 g/mol. The monoisotopic (exact) mass is 339 g/mol. The number of rotatable bonds is 6. The van der Waals surface area contributed by atoms with Gasteiger partial charge in [-0.15, -0.1) is 0 Å². The minimum absolute atomic E-state index is 0.0433. The van der Waals surface area contributed by atoms with Crippen LogP contribution in [0.2, 0.25) is 0 Å². The van der Waals surface area contributed by atoms with E-state index in [0.29, 0.717) is 25.2 Å². The molecule has 1 heterocycles. The summed E-state index contributed by atoms with van der Waals surface area (Å²) >= 11 is 1.75. The summed E-state index contributed by atoms with van der Waals surface area (Å²) in [7, 11) is 0. The molecule has 1 aromatic rings. The van der Waals surface area contributed by atoms with Crippen molar-refractivity contribution >= 4 is 29.4 Å². The second-order valence-electron chi connectivity index (χ2n) is 5.38. The molecule has 23 heavy (non-hydrogen) atoms. The van der Waals surface area contributed by atoms with Crippen LogP contribution in [-0.4, -0.2) is 47.5 Å². The van der Waals surface area contributed by atoms with E-state index < -0.39 is 0 Å². The van der Waals surface area contributed by atoms with Crippen molar-refractivity contribution in [2.45, 2.75) is 25.8 Å². The fourth-order valence-corrected chi connectivity index (χ4v) is 3.06. The number of hydrogen-bond donors (Lipinski definition) is 2. The molecule has 0 spiro atoms. The fraction of sp³-hybridized carbons (Fsp3) is 0.500. The predicted molar refractivity (Wildman–Crippen MR) is 91.2 cm³/mol. The first-order valence-corrected chi connectivity index (χ1v) is 8.92. The molecule has 2 rings (SSSR count). The molecule has 1 aliphatic rings. The third kappa shape index (κ3) is 5.74. The number of urea groups is 1. The van der Waals surface area contributed by atoms with Gasteiger partial charge in [0.1, 0.15) is 5.82 Å². The molecule has 2 N–H and O–H groups in total. The van der Waals surface area contributed by atoms with E-state index in [9.17, 15) is 14.0 Å². The van der Waals surface area contributed by atoms with Crippen molar-refractivity contribution < 1.29 is 14.0 Å². The highest BCUT2D eigenvalue weighted by molar-refractivity contribution is 7.99. The Hall–Kier alpha value is -1.76. The van der Waals surface area contributed by atoms with Crippen molar-refractivity contribution in [2.24, 2.45) is 0 Å². The minimum Gasteiger partial charge on any atom is -0.341 e. The zero-order chi connectivity index (χ0) is 16.7. The Morgan fingerprint density at radius 3 is 2.78 bits per heavy atom. The van der Waals surface area contributed by atoms with E-state index in [1.54, 1.807) is 16.7 Å². The van der Waals surface area contributed by atoms with E-state index in [2.05, 4.69) is 17.6 Å². The van der Waals surface area contributed by atoms with Crippen molar-refractivity contribution in [3.05, 3.63) is 30.1 Å². The molecular formula is C16H22FN3O2S. The Morgan fingerprint density at radius 1 is 1.35 bits per heavy atom. The third-order valence-corrected chi connectivity index (χ3v) is 4.54. The van der Waals surface area contributed by atoms with Gasteiger partial charge in [-0.3, -0.25) is 4.79 Å². The van der Waals surface area contributed by atoms with Gasteiger partial charge in [-0.1, -0.05) is 6.92 Å². The molecule has 0 aromatic heterocycles. The first-order chi connectivity index (χ1) is 11.1. The third-order valence-electron chi connectivity index (χ3n) is 3.64. The van der Waals surface area contributed by atoms with Crippen LogP contribution in [0.1, 0.15) is 19.8 Å². The SMILES string of the molecule is CCSCCC(=O)N1CC[C@@H](NC(=O)Nc2ccc(F)cc2)C1. The van der Waals surface area contributed by atoms with E-state index in [4.69, 9.17) is 0 Å². The van der Waals surface area contributed by atoms with Crippen LogP contribution >= 0.6 is 11.8 Å². The van der Waals surface area contributed by atoms with Crippen LogP contribution in [0.4, 0.5) is 14.9 Å². The van der Waals surface area contributed by atoms with Gasteiger partial charge in [0.15, 0.2) is 0 Å². The molecule has 0 bridgehead atoms. The second-order valence-corrected chi connectivity index (χ2v) is 6.77. The van der Waals surface area contributed by atoms with Crippen molar-refractivity contribution in [2.75, 3.05) is 29.9 Å². The van der Waals surface area contributed by atoms with Gasteiger partial charge in [0.25, 0.3) is 0 Å². The van der Waals surface area contributed by atoms with Gasteiger partial charge in [-0.05, 0) is 36.4 Å². The Kier molecular flexibility index (Phi) is 6.70. The zero-order valence-electron chi connectivity index (χ0n) is 13.2. The van der Waals surface area contributed by atoms with Crippen LogP contribution in [-0.2, 0) is 4.79 Å². The van der Waals surface area contributed by atoms with Crippen molar-refractivity contribution in [3.8, 4) is 0 Å². The van der Waals surface area contributed by atoms with Gasteiger partial charge in [0, 0.05) is 37.0 Å². The summed E-state index contributed by atoms with van der Waals surface area (Å²) in [6, 6.07) is 5.21. The maximum atomic E-state index is 12.8. The van der Waals surface area contributed by atoms with Crippen LogP contribution in [0.25, 0.3) is 0 Å². The molecule has 1 aliphatic heterocycles. The number of hydrogen-bond acceptors (Lipinski definition) is 3. The fourth-order valence-electron chi connectivity index (χ4n) is 2.45. The molecule has 0 aliphatic carbocycles. The molecule has 1 aromatic carbocycles. The number of nitrogens with one attached hydrogen (secondary N) is 2. The molecule has 7 heteroatoms. The molecule has 126 valence electrons. The number of likely N-dealkylation sites (tertiary alicyclic amines) is 1. The minimum atomic E-state index is -0.345. The van der Waals surface area contributed by atoms with Gasteiger partial charge < -0.3 is 15.5 Å². The Bertz CT molecular complexity index is 539. The van der Waals surface area contributed by atoms with Gasteiger partial charge in [-0.25, -0.2) is 9.18 Å². The van der Waals surface area contributed by atoms with E-state index in [-0.39, 0.29) is 23.8 Å². The van der Waals surface area contributed by atoms with Gasteiger partial charge in [0.2, 0.25) is 5.91 Å². The van der Waals surface area contributed by atoms with Crippen LogP contribution in [0, 0.1) is 5.82 Å². The van der Waals surface area contributed by atoms with Crippen LogP contribution in [0.3, 0.4) is 0 Å². The van der Waals surface area contributed by atoms with E-state index in [1.165, 1.54) is 24.3 Å². The Morgan fingerprint density at radius 2 is 2.09 bits per heavy atom. The van der Waals surface area contributed by atoms with E-state index >= 15 is 0 Å². The van der Waals surface area contributed by atoms with E-state index in [1.807, 2.05) is 0 Å². The number of halogens is 1. The van der Waals surface area contributed by atoms with Crippen molar-refractivity contribution in [3.63, 3.8) is 0 Å². The molecule has 1 saturated heterocycles. The van der Waals surface area contributed by atoms with Gasteiger partial charge >= 0.3 is 6.03 Å². The first-order valence-electron chi connectivity index (χ1n) is 7.77. The number of anilines is 1. The lowest BCUT2D eigenvalue weighted by molar-refractivity contribution is -0.129. The summed E-state index contributed by atoms with van der Waals surface area (Å²) in [5.74, 6) is 1.66. The lowest BCUT2D eigenvalue weighted by atomic mass is 10.3. The lowest BCUT2D eigenvalue weighted by Crippen LogP contribution is -2.40. The predicted octanol–water partition coefficient (Wildman–Crippen LogP) is 2.69. The number of carbonyl (C=O) groups is 2. The molecule has 1 atom stereocenters. The summed E-state index contributed by atoms with van der Waals surface area (Å²) in [6.45, 7) is 3.30. The number of thioether (sulfide) groups is 1. The summed E-state index contributed by atoms with van der Waals surface area (Å²) in [4.78, 5) is 25.7. The zero-order valence-corrected chi connectivity index (χ0v) is 14.0. The van der Waals surface area contributed by atoms with Crippen molar-refractivity contribution in [1.82, 2.24) is 10.2 Å². The molecule has 0 unspecified atom stereocenters. The highest BCUT2D eigenvalue weighted by Gasteiger charge is 2.26.